The fraction of sp³-hybridized carbons (Fsp3) is 0.643. The van der Waals surface area contributed by atoms with E-state index in [1.54, 1.807) is 0 Å². The minimum atomic E-state index is 0.855. The molecule has 0 aromatic carbocycles. The van der Waals surface area contributed by atoms with Crippen LogP contribution in [0.15, 0.2) is 18.5 Å². The van der Waals surface area contributed by atoms with Crippen molar-refractivity contribution in [2.45, 2.75) is 26.3 Å². The van der Waals surface area contributed by atoms with Crippen molar-refractivity contribution < 1.29 is 0 Å². The number of piperidine rings is 1. The minimum absolute atomic E-state index is 0.855. The number of nitrogens with one attached hydrogen (secondary N) is 1. The maximum Gasteiger partial charge on any atom is 0.0300 e. The third-order valence-corrected chi connectivity index (χ3v) is 3.72. The second-order valence-electron chi connectivity index (χ2n) is 5.18. The molecule has 1 saturated heterocycles. The van der Waals surface area contributed by atoms with Gasteiger partial charge in [-0.1, -0.05) is 0 Å². The van der Waals surface area contributed by atoms with E-state index >= 15 is 0 Å². The Hall–Kier alpha value is -0.930. The van der Waals surface area contributed by atoms with Crippen LogP contribution in [-0.2, 0) is 6.54 Å². The van der Waals surface area contributed by atoms with Gasteiger partial charge in [0.2, 0.25) is 0 Å². The van der Waals surface area contributed by atoms with Crippen LogP contribution in [0.4, 0.5) is 0 Å². The number of likely N-dealkylation sites (tertiary alicyclic amines) is 1. The number of pyridine rings is 1. The first-order valence-electron chi connectivity index (χ1n) is 6.54. The van der Waals surface area contributed by atoms with E-state index in [4.69, 9.17) is 0 Å². The molecule has 1 fully saturated rings. The smallest absolute Gasteiger partial charge is 0.0300 e. The van der Waals surface area contributed by atoms with Crippen LogP contribution in [0.2, 0.25) is 0 Å². The summed E-state index contributed by atoms with van der Waals surface area (Å²) in [5.74, 6) is 0.855. The van der Waals surface area contributed by atoms with Crippen LogP contribution in [0.3, 0.4) is 0 Å². The molecule has 0 bridgehead atoms. The van der Waals surface area contributed by atoms with Crippen molar-refractivity contribution in [3.63, 3.8) is 0 Å². The zero-order valence-corrected chi connectivity index (χ0v) is 10.9. The summed E-state index contributed by atoms with van der Waals surface area (Å²) in [6.45, 7) is 6.75. The van der Waals surface area contributed by atoms with E-state index in [9.17, 15) is 0 Å². The van der Waals surface area contributed by atoms with Crippen LogP contribution < -0.4 is 5.32 Å². The van der Waals surface area contributed by atoms with E-state index < -0.39 is 0 Å². The highest BCUT2D eigenvalue weighted by Gasteiger charge is 2.15. The van der Waals surface area contributed by atoms with Crippen molar-refractivity contribution >= 4 is 0 Å². The molecule has 2 heterocycles. The molecular formula is C14H23N3. The quantitative estimate of drug-likeness (QED) is 0.860. The normalized spacial score (nSPS) is 18.5. The van der Waals surface area contributed by atoms with Crippen LogP contribution in [-0.4, -0.2) is 36.6 Å². The number of hydrogen-bond donors (Lipinski definition) is 1. The maximum atomic E-state index is 4.12. The first kappa shape index (κ1) is 12.5. The lowest BCUT2D eigenvalue weighted by molar-refractivity contribution is 0.216. The van der Waals surface area contributed by atoms with Crippen molar-refractivity contribution in [2.75, 3.05) is 26.7 Å². The SMILES string of the molecule is Cc1cnccc1CNCC1CCN(C)CC1. The summed E-state index contributed by atoms with van der Waals surface area (Å²) in [4.78, 5) is 6.54. The van der Waals surface area contributed by atoms with Gasteiger partial charge in [-0.05, 0) is 69.6 Å². The maximum absolute atomic E-state index is 4.12. The molecule has 2 rings (SSSR count). The van der Waals surface area contributed by atoms with Gasteiger partial charge in [0, 0.05) is 18.9 Å². The van der Waals surface area contributed by atoms with Gasteiger partial charge in [0.05, 0.1) is 0 Å². The second-order valence-corrected chi connectivity index (χ2v) is 5.18. The number of rotatable bonds is 4. The average Bonchev–Trinajstić information content (AvgIpc) is 2.34. The van der Waals surface area contributed by atoms with Crippen LogP contribution in [0.25, 0.3) is 0 Å². The Labute approximate surface area is 104 Å². The summed E-state index contributed by atoms with van der Waals surface area (Å²) in [7, 11) is 2.21. The average molecular weight is 233 g/mol. The van der Waals surface area contributed by atoms with E-state index in [1.165, 1.54) is 37.1 Å². The zero-order valence-electron chi connectivity index (χ0n) is 10.9. The standard InChI is InChI=1S/C14H23N3/c1-12-9-15-6-3-14(12)11-16-10-13-4-7-17(2)8-5-13/h3,6,9,13,16H,4-5,7-8,10-11H2,1-2H3. The summed E-state index contributed by atoms with van der Waals surface area (Å²) in [6, 6.07) is 2.11. The van der Waals surface area contributed by atoms with Crippen molar-refractivity contribution in [3.05, 3.63) is 29.6 Å². The Morgan fingerprint density at radius 3 is 2.88 bits per heavy atom. The van der Waals surface area contributed by atoms with Gasteiger partial charge >= 0.3 is 0 Å². The highest BCUT2D eigenvalue weighted by molar-refractivity contribution is 5.21. The summed E-state index contributed by atoms with van der Waals surface area (Å²) >= 11 is 0. The minimum Gasteiger partial charge on any atom is -0.312 e. The van der Waals surface area contributed by atoms with Gasteiger partial charge < -0.3 is 10.2 Å². The fourth-order valence-electron chi connectivity index (χ4n) is 2.38. The van der Waals surface area contributed by atoms with Crippen molar-refractivity contribution in [1.29, 1.82) is 0 Å². The Morgan fingerprint density at radius 1 is 1.41 bits per heavy atom. The van der Waals surface area contributed by atoms with Crippen LogP contribution in [0, 0.1) is 12.8 Å². The first-order chi connectivity index (χ1) is 8.25. The van der Waals surface area contributed by atoms with Gasteiger partial charge in [0.15, 0.2) is 0 Å². The fourth-order valence-corrected chi connectivity index (χ4v) is 2.38. The molecule has 1 aromatic heterocycles. The highest BCUT2D eigenvalue weighted by Crippen LogP contribution is 2.15. The highest BCUT2D eigenvalue weighted by atomic mass is 15.1. The molecule has 1 aliphatic rings. The van der Waals surface area contributed by atoms with E-state index in [2.05, 4.69) is 35.2 Å². The van der Waals surface area contributed by atoms with E-state index in [0.717, 1.165) is 19.0 Å². The van der Waals surface area contributed by atoms with Crippen LogP contribution in [0.5, 0.6) is 0 Å². The molecule has 94 valence electrons. The molecule has 0 radical (unpaired) electrons. The molecule has 1 aromatic rings. The first-order valence-corrected chi connectivity index (χ1v) is 6.54. The van der Waals surface area contributed by atoms with Gasteiger partial charge in [-0.3, -0.25) is 4.98 Å². The topological polar surface area (TPSA) is 28.2 Å². The van der Waals surface area contributed by atoms with Gasteiger partial charge in [0.1, 0.15) is 0 Å². The Balaban J connectivity index is 1.71. The molecule has 0 spiro atoms. The predicted octanol–water partition coefficient (Wildman–Crippen LogP) is 1.82. The van der Waals surface area contributed by atoms with Crippen molar-refractivity contribution in [3.8, 4) is 0 Å². The molecule has 1 N–H and O–H groups in total. The number of aromatic nitrogens is 1. The summed E-state index contributed by atoms with van der Waals surface area (Å²) in [5.41, 5.74) is 2.65. The molecule has 17 heavy (non-hydrogen) atoms. The van der Waals surface area contributed by atoms with Crippen LogP contribution >= 0.6 is 0 Å². The molecule has 3 nitrogen and oxygen atoms in total. The van der Waals surface area contributed by atoms with E-state index in [1.807, 2.05) is 12.4 Å². The van der Waals surface area contributed by atoms with E-state index in [-0.39, 0.29) is 0 Å². The molecule has 0 saturated carbocycles. The molecule has 3 heteroatoms. The number of hydrogen-bond acceptors (Lipinski definition) is 3. The predicted molar refractivity (Wildman–Crippen MR) is 70.9 cm³/mol. The van der Waals surface area contributed by atoms with Gasteiger partial charge in [0.25, 0.3) is 0 Å². The number of aryl methyl sites for hydroxylation is 1. The molecule has 1 aliphatic heterocycles. The largest absolute Gasteiger partial charge is 0.312 e. The third-order valence-electron chi connectivity index (χ3n) is 3.72. The lowest BCUT2D eigenvalue weighted by atomic mass is 9.97. The van der Waals surface area contributed by atoms with Gasteiger partial charge in [-0.25, -0.2) is 0 Å². The molecule has 0 amide bonds. The lowest BCUT2D eigenvalue weighted by Crippen LogP contribution is -2.34. The summed E-state index contributed by atoms with van der Waals surface area (Å²) < 4.78 is 0. The Bertz CT molecular complexity index is 343. The zero-order chi connectivity index (χ0) is 12.1. The number of nitrogens with zero attached hydrogens (tertiary/aromatic N) is 2. The summed E-state index contributed by atoms with van der Waals surface area (Å²) in [6.07, 6.45) is 6.48. The van der Waals surface area contributed by atoms with Gasteiger partial charge in [-0.15, -0.1) is 0 Å². The summed E-state index contributed by atoms with van der Waals surface area (Å²) in [5, 5.41) is 3.58. The second kappa shape index (κ2) is 6.12. The molecule has 0 aliphatic carbocycles. The van der Waals surface area contributed by atoms with Crippen molar-refractivity contribution in [2.24, 2.45) is 5.92 Å². The van der Waals surface area contributed by atoms with E-state index in [0.29, 0.717) is 0 Å². The van der Waals surface area contributed by atoms with Crippen LogP contribution in [0.1, 0.15) is 24.0 Å². The monoisotopic (exact) mass is 233 g/mol. The van der Waals surface area contributed by atoms with Crippen molar-refractivity contribution in [1.82, 2.24) is 15.2 Å². The van der Waals surface area contributed by atoms with Gasteiger partial charge in [-0.2, -0.15) is 0 Å². The Morgan fingerprint density at radius 2 is 2.18 bits per heavy atom. The molecule has 0 atom stereocenters. The molecular weight excluding hydrogens is 210 g/mol. The lowest BCUT2D eigenvalue weighted by Gasteiger charge is -2.29. The molecule has 0 unspecified atom stereocenters. The Kier molecular flexibility index (Phi) is 4.51. The third kappa shape index (κ3) is 3.79.